The first-order valence-electron chi connectivity index (χ1n) is 9.23. The van der Waals surface area contributed by atoms with Crippen molar-refractivity contribution in [2.75, 3.05) is 26.0 Å². The molecule has 1 fully saturated rings. The molecule has 28 heavy (non-hydrogen) atoms. The molecule has 0 aromatic carbocycles. The van der Waals surface area contributed by atoms with E-state index < -0.39 is 23.4 Å². The van der Waals surface area contributed by atoms with Gasteiger partial charge in [-0.05, 0) is 27.2 Å². The Morgan fingerprint density at radius 3 is 2.46 bits per heavy atom. The maximum Gasteiger partial charge on any atom is 0.326 e. The number of carbonyl (C=O) groups is 4. The molecule has 156 valence electrons. The molecule has 0 N–H and O–H groups in total. The van der Waals surface area contributed by atoms with Crippen molar-refractivity contribution in [2.45, 2.75) is 52.0 Å². The molecule has 1 saturated heterocycles. The van der Waals surface area contributed by atoms with Gasteiger partial charge in [-0.2, -0.15) is 0 Å². The number of β-lactam (4-membered cyclic amide) rings is 1. The zero-order valence-electron chi connectivity index (χ0n) is 17.2. The second kappa shape index (κ2) is 8.55. The SMILES string of the molecule is CC[C@H]1C(=O)N2C(C(=O)N(C)CC(=O)OC(C)(C)C)=C(COC(C)=O)CS[C@H]12. The van der Waals surface area contributed by atoms with Crippen molar-refractivity contribution >= 4 is 35.5 Å². The molecule has 8 nitrogen and oxygen atoms in total. The highest BCUT2D eigenvalue weighted by molar-refractivity contribution is 8.00. The topological polar surface area (TPSA) is 93.2 Å². The standard InChI is InChI=1S/C19H28N2O6S/c1-7-13-16(24)21-15(12(9-26-11(2)22)10-28-18(13)21)17(25)20(6)8-14(23)27-19(3,4)5/h13,18H,7-10H2,1-6H3/t13-,18+/m0/s1. The Morgan fingerprint density at radius 1 is 1.29 bits per heavy atom. The molecule has 9 heteroatoms. The summed E-state index contributed by atoms with van der Waals surface area (Å²) in [4.78, 5) is 51.7. The van der Waals surface area contributed by atoms with Gasteiger partial charge in [-0.3, -0.25) is 24.1 Å². The van der Waals surface area contributed by atoms with E-state index in [1.54, 1.807) is 32.5 Å². The quantitative estimate of drug-likeness (QED) is 0.483. The molecule has 2 amide bonds. The van der Waals surface area contributed by atoms with Gasteiger partial charge >= 0.3 is 11.9 Å². The lowest BCUT2D eigenvalue weighted by Gasteiger charge is -2.50. The molecule has 0 spiro atoms. The van der Waals surface area contributed by atoms with Crippen molar-refractivity contribution in [1.29, 1.82) is 0 Å². The number of likely N-dealkylation sites (N-methyl/N-ethyl adjacent to an activating group) is 1. The number of rotatable bonds is 6. The van der Waals surface area contributed by atoms with Crippen LogP contribution in [0.3, 0.4) is 0 Å². The van der Waals surface area contributed by atoms with Crippen molar-refractivity contribution in [3.05, 3.63) is 11.3 Å². The van der Waals surface area contributed by atoms with Crippen molar-refractivity contribution < 1.29 is 28.7 Å². The highest BCUT2D eigenvalue weighted by atomic mass is 32.2. The van der Waals surface area contributed by atoms with Gasteiger partial charge in [-0.15, -0.1) is 11.8 Å². The highest BCUT2D eigenvalue weighted by Crippen LogP contribution is 2.45. The van der Waals surface area contributed by atoms with Crippen molar-refractivity contribution in [1.82, 2.24) is 9.80 Å². The van der Waals surface area contributed by atoms with E-state index in [2.05, 4.69) is 0 Å². The molecule has 0 aromatic rings. The van der Waals surface area contributed by atoms with E-state index in [-0.39, 0.29) is 36.0 Å². The minimum atomic E-state index is -0.658. The van der Waals surface area contributed by atoms with Crippen LogP contribution in [0.15, 0.2) is 11.3 Å². The van der Waals surface area contributed by atoms with E-state index in [9.17, 15) is 19.2 Å². The Kier molecular flexibility index (Phi) is 6.80. The first-order valence-corrected chi connectivity index (χ1v) is 10.3. The van der Waals surface area contributed by atoms with E-state index >= 15 is 0 Å². The number of thioether (sulfide) groups is 1. The van der Waals surface area contributed by atoms with Crippen LogP contribution in [0.5, 0.6) is 0 Å². The molecule has 0 aromatic heterocycles. The summed E-state index contributed by atoms with van der Waals surface area (Å²) in [6.07, 6.45) is 0.696. The fourth-order valence-electron chi connectivity index (χ4n) is 3.13. The molecule has 2 atom stereocenters. The Morgan fingerprint density at radius 2 is 1.93 bits per heavy atom. The normalized spacial score (nSPS) is 21.6. The second-order valence-electron chi connectivity index (χ2n) is 7.90. The third-order valence-corrected chi connectivity index (χ3v) is 5.78. The molecule has 0 saturated carbocycles. The van der Waals surface area contributed by atoms with Crippen LogP contribution in [-0.4, -0.2) is 70.5 Å². The van der Waals surface area contributed by atoms with Crippen molar-refractivity contribution in [3.8, 4) is 0 Å². The Bertz CT molecular complexity index is 712. The average molecular weight is 413 g/mol. The minimum Gasteiger partial charge on any atom is -0.461 e. The lowest BCUT2D eigenvalue weighted by Crippen LogP contribution is -2.62. The van der Waals surface area contributed by atoms with Crippen LogP contribution in [0, 0.1) is 5.92 Å². The lowest BCUT2D eigenvalue weighted by atomic mass is 9.93. The van der Waals surface area contributed by atoms with Crippen LogP contribution in [-0.2, 0) is 28.7 Å². The summed E-state index contributed by atoms with van der Waals surface area (Å²) in [5.41, 5.74) is 0.126. The molecule has 2 heterocycles. The summed E-state index contributed by atoms with van der Waals surface area (Å²) < 4.78 is 10.3. The van der Waals surface area contributed by atoms with E-state index in [1.807, 2.05) is 6.92 Å². The molecule has 0 unspecified atom stereocenters. The summed E-state index contributed by atoms with van der Waals surface area (Å²) >= 11 is 1.56. The van der Waals surface area contributed by atoms with Gasteiger partial charge in [0.25, 0.3) is 5.91 Å². The summed E-state index contributed by atoms with van der Waals surface area (Å²) in [6, 6.07) is 0. The number of fused-ring (bicyclic) bond motifs is 1. The third kappa shape index (κ3) is 4.87. The summed E-state index contributed by atoms with van der Waals surface area (Å²) in [5.74, 6) is -1.21. The molecule has 0 aliphatic carbocycles. The van der Waals surface area contributed by atoms with Gasteiger partial charge in [0, 0.05) is 25.3 Å². The van der Waals surface area contributed by atoms with Crippen molar-refractivity contribution in [2.24, 2.45) is 5.92 Å². The molecule has 0 radical (unpaired) electrons. The summed E-state index contributed by atoms with van der Waals surface area (Å²) in [5, 5.41) is -0.104. The van der Waals surface area contributed by atoms with E-state index in [0.717, 1.165) is 0 Å². The molecule has 2 aliphatic rings. The maximum absolute atomic E-state index is 13.1. The predicted octanol–water partition coefficient (Wildman–Crippen LogP) is 1.54. The van der Waals surface area contributed by atoms with E-state index in [4.69, 9.17) is 9.47 Å². The summed E-state index contributed by atoms with van der Waals surface area (Å²) in [7, 11) is 1.49. The Labute approximate surface area is 169 Å². The van der Waals surface area contributed by atoms with Gasteiger partial charge in [-0.1, -0.05) is 6.92 Å². The fourth-order valence-corrected chi connectivity index (χ4v) is 4.62. The third-order valence-electron chi connectivity index (χ3n) is 4.38. The molecule has 2 aliphatic heterocycles. The number of esters is 2. The predicted molar refractivity (Wildman–Crippen MR) is 104 cm³/mol. The monoisotopic (exact) mass is 412 g/mol. The second-order valence-corrected chi connectivity index (χ2v) is 9.01. The van der Waals surface area contributed by atoms with Crippen LogP contribution in [0.25, 0.3) is 0 Å². The first-order chi connectivity index (χ1) is 13.0. The largest absolute Gasteiger partial charge is 0.461 e. The van der Waals surface area contributed by atoms with Gasteiger partial charge in [-0.25, -0.2) is 0 Å². The molecular weight excluding hydrogens is 384 g/mol. The lowest BCUT2D eigenvalue weighted by molar-refractivity contribution is -0.158. The first kappa shape index (κ1) is 22.3. The van der Waals surface area contributed by atoms with Crippen LogP contribution >= 0.6 is 11.8 Å². The van der Waals surface area contributed by atoms with Crippen LogP contribution < -0.4 is 0 Å². The van der Waals surface area contributed by atoms with Gasteiger partial charge in [0.05, 0.1) is 11.3 Å². The molecule has 0 bridgehead atoms. The number of hydrogen-bond donors (Lipinski definition) is 0. The highest BCUT2D eigenvalue weighted by Gasteiger charge is 2.52. The zero-order valence-corrected chi connectivity index (χ0v) is 18.1. The molecular formula is C19H28N2O6S. The number of carbonyl (C=O) groups excluding carboxylic acids is 4. The zero-order chi connectivity index (χ0) is 21.2. The summed E-state index contributed by atoms with van der Waals surface area (Å²) in [6.45, 7) is 8.18. The Balaban J connectivity index is 2.24. The van der Waals surface area contributed by atoms with E-state index in [1.165, 1.54) is 23.8 Å². The van der Waals surface area contributed by atoms with Gasteiger partial charge in [0.1, 0.15) is 24.4 Å². The van der Waals surface area contributed by atoms with Crippen LogP contribution in [0.1, 0.15) is 41.0 Å². The average Bonchev–Trinajstić information content (AvgIpc) is 2.57. The van der Waals surface area contributed by atoms with Gasteiger partial charge < -0.3 is 14.4 Å². The van der Waals surface area contributed by atoms with Crippen LogP contribution in [0.2, 0.25) is 0 Å². The van der Waals surface area contributed by atoms with Crippen LogP contribution in [0.4, 0.5) is 0 Å². The smallest absolute Gasteiger partial charge is 0.326 e. The Hall–Kier alpha value is -2.03. The van der Waals surface area contributed by atoms with E-state index in [0.29, 0.717) is 17.7 Å². The number of ether oxygens (including phenoxy) is 2. The molecule has 2 rings (SSSR count). The number of hydrogen-bond acceptors (Lipinski definition) is 7. The number of nitrogens with zero attached hydrogens (tertiary/aromatic N) is 2. The number of amides is 2. The maximum atomic E-state index is 13.1. The minimum absolute atomic E-state index is 0.0586. The van der Waals surface area contributed by atoms with Gasteiger partial charge in [0.15, 0.2) is 0 Å². The fraction of sp³-hybridized carbons (Fsp3) is 0.684. The van der Waals surface area contributed by atoms with Crippen molar-refractivity contribution in [3.63, 3.8) is 0 Å². The van der Waals surface area contributed by atoms with Gasteiger partial charge in [0.2, 0.25) is 5.91 Å².